The van der Waals surface area contributed by atoms with Crippen molar-refractivity contribution in [3.05, 3.63) is 58.9 Å². The summed E-state index contributed by atoms with van der Waals surface area (Å²) in [5.41, 5.74) is 3.57. The summed E-state index contributed by atoms with van der Waals surface area (Å²) in [5, 5.41) is 13.0. The zero-order valence-corrected chi connectivity index (χ0v) is 13.6. The van der Waals surface area contributed by atoms with Gasteiger partial charge in [-0.25, -0.2) is 4.98 Å². The van der Waals surface area contributed by atoms with Crippen LogP contribution >= 0.6 is 11.6 Å². The molecule has 116 valence electrons. The topological polar surface area (TPSA) is 53.6 Å². The Hall–Kier alpha value is -2.51. The monoisotopic (exact) mass is 324 g/mol. The van der Waals surface area contributed by atoms with Crippen molar-refractivity contribution in [3.63, 3.8) is 0 Å². The molecule has 1 N–H and O–H groups in total. The number of anilines is 1. The molecule has 3 aromatic rings. The normalized spacial score (nSPS) is 10.7. The molecule has 0 unspecified atom stereocenters. The summed E-state index contributed by atoms with van der Waals surface area (Å²) < 4.78 is 2.13. The lowest BCUT2D eigenvalue weighted by atomic mass is 10.2. The number of imidazole rings is 1. The Morgan fingerprint density at radius 2 is 2.09 bits per heavy atom. The Labute approximate surface area is 140 Å². The van der Waals surface area contributed by atoms with E-state index < -0.39 is 0 Å². The Morgan fingerprint density at radius 3 is 2.87 bits per heavy atom. The first-order valence-corrected chi connectivity index (χ1v) is 7.90. The third-order valence-electron chi connectivity index (χ3n) is 3.87. The minimum Gasteiger partial charge on any atom is -0.384 e. The van der Waals surface area contributed by atoms with Gasteiger partial charge in [-0.1, -0.05) is 23.7 Å². The molecular formula is C18H17ClN4. The quantitative estimate of drug-likeness (QED) is 0.717. The van der Waals surface area contributed by atoms with Crippen molar-refractivity contribution < 1.29 is 0 Å². The SMILES string of the molecule is Cn1c(CCCNc2cc(Cl)ccc2C#N)nc2ccccc21. The summed E-state index contributed by atoms with van der Waals surface area (Å²) in [5.74, 6) is 1.07. The molecule has 0 aliphatic rings. The summed E-state index contributed by atoms with van der Waals surface area (Å²) in [7, 11) is 2.04. The first kappa shape index (κ1) is 15.4. The molecule has 0 spiro atoms. The zero-order chi connectivity index (χ0) is 16.2. The fourth-order valence-electron chi connectivity index (χ4n) is 2.65. The number of hydrogen-bond acceptors (Lipinski definition) is 3. The van der Waals surface area contributed by atoms with Crippen molar-refractivity contribution in [2.24, 2.45) is 7.05 Å². The van der Waals surface area contributed by atoms with Gasteiger partial charge >= 0.3 is 0 Å². The highest BCUT2D eigenvalue weighted by atomic mass is 35.5. The van der Waals surface area contributed by atoms with Gasteiger partial charge in [0.2, 0.25) is 0 Å². The minimum atomic E-state index is 0.608. The largest absolute Gasteiger partial charge is 0.384 e. The maximum absolute atomic E-state index is 9.11. The molecule has 0 radical (unpaired) electrons. The van der Waals surface area contributed by atoms with Crippen molar-refractivity contribution in [2.75, 3.05) is 11.9 Å². The fourth-order valence-corrected chi connectivity index (χ4v) is 2.82. The summed E-state index contributed by atoms with van der Waals surface area (Å²) in [6.07, 6.45) is 1.80. The third-order valence-corrected chi connectivity index (χ3v) is 4.11. The summed E-state index contributed by atoms with van der Waals surface area (Å²) in [6, 6.07) is 15.6. The lowest BCUT2D eigenvalue weighted by Gasteiger charge is -2.08. The minimum absolute atomic E-state index is 0.608. The molecule has 0 bridgehead atoms. The van der Waals surface area contributed by atoms with Crippen LogP contribution in [0.4, 0.5) is 5.69 Å². The molecule has 4 nitrogen and oxygen atoms in total. The lowest BCUT2D eigenvalue weighted by molar-refractivity contribution is 0.753. The highest BCUT2D eigenvalue weighted by molar-refractivity contribution is 6.30. The van der Waals surface area contributed by atoms with E-state index in [0.29, 0.717) is 10.6 Å². The number of aromatic nitrogens is 2. The molecular weight excluding hydrogens is 308 g/mol. The molecule has 1 aromatic heterocycles. The van der Waals surface area contributed by atoms with E-state index in [-0.39, 0.29) is 0 Å². The van der Waals surface area contributed by atoms with Gasteiger partial charge in [-0.3, -0.25) is 0 Å². The second-order valence-corrected chi connectivity index (χ2v) is 5.84. The smallest absolute Gasteiger partial charge is 0.109 e. The van der Waals surface area contributed by atoms with Gasteiger partial charge < -0.3 is 9.88 Å². The highest BCUT2D eigenvalue weighted by Crippen LogP contribution is 2.20. The Morgan fingerprint density at radius 1 is 1.26 bits per heavy atom. The number of para-hydroxylation sites is 2. The van der Waals surface area contributed by atoms with Crippen LogP contribution in [-0.4, -0.2) is 16.1 Å². The number of nitrogens with one attached hydrogen (secondary N) is 1. The molecule has 0 atom stereocenters. The summed E-state index contributed by atoms with van der Waals surface area (Å²) in [4.78, 5) is 4.67. The number of halogens is 1. The average Bonchev–Trinajstić information content (AvgIpc) is 2.88. The Balaban J connectivity index is 1.62. The van der Waals surface area contributed by atoms with E-state index in [9.17, 15) is 0 Å². The maximum atomic E-state index is 9.11. The summed E-state index contributed by atoms with van der Waals surface area (Å²) in [6.45, 7) is 0.762. The van der Waals surface area contributed by atoms with E-state index in [1.807, 2.05) is 25.2 Å². The maximum Gasteiger partial charge on any atom is 0.109 e. The van der Waals surface area contributed by atoms with Crippen molar-refractivity contribution in [3.8, 4) is 6.07 Å². The number of aryl methyl sites for hydroxylation is 2. The molecule has 1 heterocycles. The Bertz CT molecular complexity index is 876. The van der Waals surface area contributed by atoms with Gasteiger partial charge in [0.25, 0.3) is 0 Å². The van der Waals surface area contributed by atoms with Gasteiger partial charge in [0.1, 0.15) is 11.9 Å². The summed E-state index contributed by atoms with van der Waals surface area (Å²) >= 11 is 5.99. The van der Waals surface area contributed by atoms with Crippen LogP contribution in [0.3, 0.4) is 0 Å². The number of rotatable bonds is 5. The first-order valence-electron chi connectivity index (χ1n) is 7.53. The first-order chi connectivity index (χ1) is 11.2. The van der Waals surface area contributed by atoms with E-state index in [2.05, 4.69) is 27.0 Å². The lowest BCUT2D eigenvalue weighted by Crippen LogP contribution is -2.06. The van der Waals surface area contributed by atoms with Crippen molar-refractivity contribution >= 4 is 28.3 Å². The van der Waals surface area contributed by atoms with Crippen molar-refractivity contribution in [1.29, 1.82) is 5.26 Å². The van der Waals surface area contributed by atoms with E-state index in [0.717, 1.165) is 41.9 Å². The van der Waals surface area contributed by atoms with Crippen LogP contribution in [0.1, 0.15) is 17.8 Å². The molecule has 0 fully saturated rings. The van der Waals surface area contributed by atoms with Gasteiger partial charge in [0, 0.05) is 25.0 Å². The van der Waals surface area contributed by atoms with Gasteiger partial charge in [-0.2, -0.15) is 5.26 Å². The molecule has 2 aromatic carbocycles. The number of nitrogens with zero attached hydrogens (tertiary/aromatic N) is 3. The van der Waals surface area contributed by atoms with E-state index in [1.54, 1.807) is 18.2 Å². The number of fused-ring (bicyclic) bond motifs is 1. The predicted octanol–water partition coefficient (Wildman–Crippen LogP) is 4.14. The second kappa shape index (κ2) is 6.72. The standard InChI is InChI=1S/C18H17ClN4/c1-23-17-6-3-2-5-15(17)22-18(23)7-4-10-21-16-11-14(19)9-8-13(16)12-20/h2-3,5-6,8-9,11,21H,4,7,10H2,1H3. The Kier molecular flexibility index (Phi) is 4.50. The molecule has 3 rings (SSSR count). The van der Waals surface area contributed by atoms with Crippen LogP contribution in [0.15, 0.2) is 42.5 Å². The molecule has 0 aliphatic heterocycles. The van der Waals surface area contributed by atoms with E-state index in [4.69, 9.17) is 16.9 Å². The van der Waals surface area contributed by atoms with Gasteiger partial charge in [-0.15, -0.1) is 0 Å². The zero-order valence-electron chi connectivity index (χ0n) is 12.9. The molecule has 5 heteroatoms. The molecule has 23 heavy (non-hydrogen) atoms. The van der Waals surface area contributed by atoms with Gasteiger partial charge in [0.15, 0.2) is 0 Å². The van der Waals surface area contributed by atoms with Gasteiger partial charge in [0.05, 0.1) is 22.3 Å². The van der Waals surface area contributed by atoms with Crippen LogP contribution in [0, 0.1) is 11.3 Å². The average molecular weight is 325 g/mol. The van der Waals surface area contributed by atoms with Crippen LogP contribution in [0.25, 0.3) is 11.0 Å². The highest BCUT2D eigenvalue weighted by Gasteiger charge is 2.07. The van der Waals surface area contributed by atoms with Crippen LogP contribution in [0.5, 0.6) is 0 Å². The van der Waals surface area contributed by atoms with E-state index >= 15 is 0 Å². The number of hydrogen-bond donors (Lipinski definition) is 1. The van der Waals surface area contributed by atoms with Gasteiger partial charge in [-0.05, 0) is 36.8 Å². The van der Waals surface area contributed by atoms with E-state index in [1.165, 1.54) is 0 Å². The van der Waals surface area contributed by atoms with Crippen molar-refractivity contribution in [1.82, 2.24) is 9.55 Å². The van der Waals surface area contributed by atoms with Crippen LogP contribution in [0.2, 0.25) is 5.02 Å². The molecule has 0 amide bonds. The second-order valence-electron chi connectivity index (χ2n) is 5.41. The number of nitriles is 1. The van der Waals surface area contributed by atoms with Crippen LogP contribution in [-0.2, 0) is 13.5 Å². The van der Waals surface area contributed by atoms with Crippen LogP contribution < -0.4 is 5.32 Å². The molecule has 0 saturated heterocycles. The molecule has 0 aliphatic carbocycles. The third kappa shape index (κ3) is 3.30. The van der Waals surface area contributed by atoms with Crippen molar-refractivity contribution in [2.45, 2.75) is 12.8 Å². The number of benzene rings is 2. The fraction of sp³-hybridized carbons (Fsp3) is 0.222. The predicted molar refractivity (Wildman–Crippen MR) is 93.7 cm³/mol. The molecule has 0 saturated carbocycles.